The Labute approximate surface area is 139 Å². The number of ether oxygens (including phenoxy) is 3. The highest BCUT2D eigenvalue weighted by molar-refractivity contribution is 7.80. The van der Waals surface area contributed by atoms with Crippen molar-refractivity contribution in [3.05, 3.63) is 48.0 Å². The van der Waals surface area contributed by atoms with Crippen LogP contribution in [0.5, 0.6) is 17.2 Å². The zero-order chi connectivity index (χ0) is 16.1. The number of thiocarbonyl (C=S) groups is 1. The van der Waals surface area contributed by atoms with Gasteiger partial charge in [0.1, 0.15) is 5.75 Å². The molecule has 1 aliphatic heterocycles. The van der Waals surface area contributed by atoms with Gasteiger partial charge in [0.05, 0.1) is 13.3 Å². The van der Waals surface area contributed by atoms with Crippen LogP contribution in [0.4, 0.5) is 5.69 Å². The molecule has 0 fully saturated rings. The van der Waals surface area contributed by atoms with E-state index < -0.39 is 0 Å². The Morgan fingerprint density at radius 2 is 1.96 bits per heavy atom. The summed E-state index contributed by atoms with van der Waals surface area (Å²) >= 11 is 5.18. The minimum absolute atomic E-state index is 0.254. The van der Waals surface area contributed by atoms with Crippen LogP contribution < -0.4 is 25.0 Å². The molecule has 7 heteroatoms. The third-order valence-electron chi connectivity index (χ3n) is 3.12. The van der Waals surface area contributed by atoms with Crippen molar-refractivity contribution in [2.45, 2.75) is 0 Å². The fraction of sp³-hybridized carbons (Fsp3) is 0.125. The first-order valence-electron chi connectivity index (χ1n) is 6.88. The molecule has 0 bridgehead atoms. The van der Waals surface area contributed by atoms with Crippen molar-refractivity contribution in [1.29, 1.82) is 0 Å². The lowest BCUT2D eigenvalue weighted by Crippen LogP contribution is -2.23. The van der Waals surface area contributed by atoms with E-state index in [-0.39, 0.29) is 6.79 Å². The van der Waals surface area contributed by atoms with Gasteiger partial charge in [0.15, 0.2) is 16.6 Å². The molecule has 0 aromatic heterocycles. The zero-order valence-electron chi connectivity index (χ0n) is 12.4. The maximum Gasteiger partial charge on any atom is 0.231 e. The molecule has 2 aromatic carbocycles. The molecular formula is C16H15N3O3S. The summed E-state index contributed by atoms with van der Waals surface area (Å²) < 4.78 is 15.7. The van der Waals surface area contributed by atoms with Gasteiger partial charge in [0.25, 0.3) is 0 Å². The van der Waals surface area contributed by atoms with Gasteiger partial charge in [-0.25, -0.2) is 0 Å². The van der Waals surface area contributed by atoms with E-state index in [0.29, 0.717) is 10.9 Å². The van der Waals surface area contributed by atoms with Gasteiger partial charge in [-0.05, 0) is 60.2 Å². The topological polar surface area (TPSA) is 64.1 Å². The lowest BCUT2D eigenvalue weighted by molar-refractivity contribution is 0.174. The summed E-state index contributed by atoms with van der Waals surface area (Å²) in [4.78, 5) is 0. The van der Waals surface area contributed by atoms with Crippen LogP contribution in [0, 0.1) is 0 Å². The predicted molar refractivity (Wildman–Crippen MR) is 92.5 cm³/mol. The molecule has 0 atom stereocenters. The summed E-state index contributed by atoms with van der Waals surface area (Å²) in [6.45, 7) is 0.254. The second-order valence-electron chi connectivity index (χ2n) is 4.67. The van der Waals surface area contributed by atoms with E-state index in [2.05, 4.69) is 15.8 Å². The highest BCUT2D eigenvalue weighted by atomic mass is 32.1. The molecule has 1 heterocycles. The van der Waals surface area contributed by atoms with Crippen LogP contribution in [0.15, 0.2) is 47.6 Å². The van der Waals surface area contributed by atoms with Crippen LogP contribution in [-0.2, 0) is 0 Å². The van der Waals surface area contributed by atoms with E-state index >= 15 is 0 Å². The minimum Gasteiger partial charge on any atom is -0.497 e. The van der Waals surface area contributed by atoms with Crippen molar-refractivity contribution in [1.82, 2.24) is 5.43 Å². The van der Waals surface area contributed by atoms with Gasteiger partial charge in [-0.15, -0.1) is 0 Å². The Kier molecular flexibility index (Phi) is 4.58. The first-order valence-corrected chi connectivity index (χ1v) is 7.29. The third-order valence-corrected chi connectivity index (χ3v) is 3.32. The molecule has 0 amide bonds. The predicted octanol–water partition coefficient (Wildman–Crippen LogP) is 2.74. The largest absolute Gasteiger partial charge is 0.497 e. The minimum atomic E-state index is 0.254. The summed E-state index contributed by atoms with van der Waals surface area (Å²) in [6.07, 6.45) is 1.66. The number of benzene rings is 2. The molecule has 0 saturated heterocycles. The molecule has 0 spiro atoms. The monoisotopic (exact) mass is 329 g/mol. The summed E-state index contributed by atoms with van der Waals surface area (Å²) in [5.74, 6) is 2.25. The Balaban J connectivity index is 1.53. The second kappa shape index (κ2) is 6.97. The lowest BCUT2D eigenvalue weighted by Gasteiger charge is -2.07. The van der Waals surface area contributed by atoms with E-state index in [1.165, 1.54) is 0 Å². The quantitative estimate of drug-likeness (QED) is 0.511. The van der Waals surface area contributed by atoms with Crippen LogP contribution in [-0.4, -0.2) is 25.2 Å². The van der Waals surface area contributed by atoms with E-state index in [1.807, 2.05) is 42.5 Å². The molecule has 0 aliphatic carbocycles. The molecule has 0 saturated carbocycles. The van der Waals surface area contributed by atoms with Crippen LogP contribution in [0.25, 0.3) is 0 Å². The highest BCUT2D eigenvalue weighted by Crippen LogP contribution is 2.31. The fourth-order valence-corrected chi connectivity index (χ4v) is 2.16. The van der Waals surface area contributed by atoms with Crippen molar-refractivity contribution in [3.63, 3.8) is 0 Å². The average Bonchev–Trinajstić information content (AvgIpc) is 3.03. The van der Waals surface area contributed by atoms with Crippen molar-refractivity contribution in [2.24, 2.45) is 5.10 Å². The fourth-order valence-electron chi connectivity index (χ4n) is 1.99. The first-order chi connectivity index (χ1) is 11.2. The zero-order valence-corrected chi connectivity index (χ0v) is 13.2. The molecular weight excluding hydrogens is 314 g/mol. The van der Waals surface area contributed by atoms with Gasteiger partial charge in [-0.1, -0.05) is 0 Å². The molecule has 23 heavy (non-hydrogen) atoms. The Morgan fingerprint density at radius 3 is 2.74 bits per heavy atom. The standard InChI is InChI=1S/C16H15N3O3S/c1-20-13-5-3-12(4-6-13)18-16(23)19-17-9-11-2-7-14-15(8-11)22-10-21-14/h2-9H,10H2,1H3,(H2,18,19,23)/b17-9+. The van der Waals surface area contributed by atoms with E-state index in [0.717, 1.165) is 22.7 Å². The van der Waals surface area contributed by atoms with Crippen LogP contribution in [0.1, 0.15) is 5.56 Å². The number of fused-ring (bicyclic) bond motifs is 1. The SMILES string of the molecule is COc1ccc(NC(=S)N/N=C/c2ccc3c(c2)OCO3)cc1. The number of hydrogen-bond donors (Lipinski definition) is 2. The molecule has 3 rings (SSSR count). The Bertz CT molecular complexity index is 732. The molecule has 2 aromatic rings. The number of nitrogens with one attached hydrogen (secondary N) is 2. The third kappa shape index (κ3) is 3.89. The second-order valence-corrected chi connectivity index (χ2v) is 5.07. The number of anilines is 1. The van der Waals surface area contributed by atoms with Gasteiger partial charge in [-0.2, -0.15) is 5.10 Å². The highest BCUT2D eigenvalue weighted by Gasteiger charge is 2.12. The summed E-state index contributed by atoms with van der Waals surface area (Å²) in [5.41, 5.74) is 4.49. The Hall–Kier alpha value is -2.80. The first kappa shape index (κ1) is 15.1. The van der Waals surface area contributed by atoms with Crippen LogP contribution in [0.2, 0.25) is 0 Å². The molecule has 6 nitrogen and oxygen atoms in total. The number of rotatable bonds is 4. The summed E-state index contributed by atoms with van der Waals surface area (Å²) in [7, 11) is 1.62. The van der Waals surface area contributed by atoms with E-state index in [4.69, 9.17) is 26.4 Å². The summed E-state index contributed by atoms with van der Waals surface area (Å²) in [6, 6.07) is 13.0. The molecule has 2 N–H and O–H groups in total. The maximum absolute atomic E-state index is 5.31. The van der Waals surface area contributed by atoms with Crippen LogP contribution >= 0.6 is 12.2 Å². The number of nitrogens with zero attached hydrogens (tertiary/aromatic N) is 1. The number of hydrazone groups is 1. The van der Waals surface area contributed by atoms with E-state index in [9.17, 15) is 0 Å². The lowest BCUT2D eigenvalue weighted by atomic mass is 10.2. The average molecular weight is 329 g/mol. The van der Waals surface area contributed by atoms with Crippen LogP contribution in [0.3, 0.4) is 0 Å². The van der Waals surface area contributed by atoms with E-state index in [1.54, 1.807) is 13.3 Å². The molecule has 0 radical (unpaired) electrons. The normalized spacial score (nSPS) is 12.2. The smallest absolute Gasteiger partial charge is 0.231 e. The van der Waals surface area contributed by atoms with Gasteiger partial charge in [0, 0.05) is 5.69 Å². The molecule has 0 unspecified atom stereocenters. The van der Waals surface area contributed by atoms with Crippen molar-refractivity contribution in [3.8, 4) is 17.2 Å². The molecule has 1 aliphatic rings. The van der Waals surface area contributed by atoms with Crippen molar-refractivity contribution < 1.29 is 14.2 Å². The number of hydrogen-bond acceptors (Lipinski definition) is 5. The number of methoxy groups -OCH3 is 1. The van der Waals surface area contributed by atoms with Gasteiger partial charge in [0.2, 0.25) is 6.79 Å². The Morgan fingerprint density at radius 1 is 1.17 bits per heavy atom. The van der Waals surface area contributed by atoms with Crippen molar-refractivity contribution >= 4 is 29.2 Å². The van der Waals surface area contributed by atoms with Gasteiger partial charge >= 0.3 is 0 Å². The van der Waals surface area contributed by atoms with Crippen molar-refractivity contribution in [2.75, 3.05) is 19.2 Å². The van der Waals surface area contributed by atoms with Gasteiger partial charge < -0.3 is 19.5 Å². The molecule has 118 valence electrons. The van der Waals surface area contributed by atoms with Gasteiger partial charge in [-0.3, -0.25) is 5.43 Å². The maximum atomic E-state index is 5.31. The summed E-state index contributed by atoms with van der Waals surface area (Å²) in [5, 5.41) is 7.52.